The number of benzene rings is 1. The van der Waals surface area contributed by atoms with Crippen molar-refractivity contribution in [2.45, 2.75) is 51.9 Å². The van der Waals surface area contributed by atoms with Gasteiger partial charge in [-0.1, -0.05) is 44.0 Å². The zero-order valence-electron chi connectivity index (χ0n) is 15.4. The first-order chi connectivity index (χ1) is 12.2. The molecule has 0 bridgehead atoms. The molecule has 0 spiro atoms. The number of carbonyl (C=O) groups excluding carboxylic acids is 2. The Kier molecular flexibility index (Phi) is 6.11. The molecule has 1 saturated carbocycles. The topological polar surface area (TPSA) is 40.6 Å². The molecule has 1 aromatic carbocycles. The lowest BCUT2D eigenvalue weighted by Crippen LogP contribution is -2.51. The van der Waals surface area contributed by atoms with Gasteiger partial charge in [-0.3, -0.25) is 9.59 Å². The Morgan fingerprint density at radius 2 is 1.48 bits per heavy atom. The van der Waals surface area contributed by atoms with Crippen LogP contribution >= 0.6 is 0 Å². The Morgan fingerprint density at radius 1 is 0.920 bits per heavy atom. The third kappa shape index (κ3) is 4.62. The van der Waals surface area contributed by atoms with E-state index < -0.39 is 0 Å². The Labute approximate surface area is 151 Å². The number of carbonyl (C=O) groups is 2. The monoisotopic (exact) mass is 342 g/mol. The van der Waals surface area contributed by atoms with Crippen molar-refractivity contribution >= 4 is 11.8 Å². The van der Waals surface area contributed by atoms with Crippen LogP contribution in [0.5, 0.6) is 0 Å². The summed E-state index contributed by atoms with van der Waals surface area (Å²) in [6.07, 6.45) is 6.88. The van der Waals surface area contributed by atoms with Crippen LogP contribution in [-0.2, 0) is 22.4 Å². The van der Waals surface area contributed by atoms with Gasteiger partial charge in [0.1, 0.15) is 0 Å². The molecule has 1 saturated heterocycles. The quantitative estimate of drug-likeness (QED) is 0.825. The molecule has 136 valence electrons. The first-order valence-corrected chi connectivity index (χ1v) is 9.81. The van der Waals surface area contributed by atoms with E-state index in [1.54, 1.807) is 0 Å². The normalized spacial score (nSPS) is 18.6. The molecular weight excluding hydrogens is 312 g/mol. The van der Waals surface area contributed by atoms with Crippen LogP contribution in [0.4, 0.5) is 0 Å². The minimum atomic E-state index is 0.215. The van der Waals surface area contributed by atoms with E-state index in [0.29, 0.717) is 38.5 Å². The fourth-order valence-corrected chi connectivity index (χ4v) is 3.96. The van der Waals surface area contributed by atoms with Crippen LogP contribution in [0.1, 0.15) is 50.2 Å². The highest BCUT2D eigenvalue weighted by atomic mass is 16.2. The van der Waals surface area contributed by atoms with Crippen LogP contribution in [0.2, 0.25) is 0 Å². The third-order valence-electron chi connectivity index (χ3n) is 5.71. The second-order valence-corrected chi connectivity index (χ2v) is 7.36. The molecule has 0 N–H and O–H groups in total. The molecule has 0 radical (unpaired) electrons. The number of hydrogen-bond donors (Lipinski definition) is 0. The summed E-state index contributed by atoms with van der Waals surface area (Å²) in [7, 11) is 0. The van der Waals surface area contributed by atoms with E-state index in [9.17, 15) is 9.59 Å². The highest BCUT2D eigenvalue weighted by Gasteiger charge is 2.30. The van der Waals surface area contributed by atoms with E-state index in [0.717, 1.165) is 25.7 Å². The average molecular weight is 342 g/mol. The lowest BCUT2D eigenvalue weighted by molar-refractivity contribution is -0.142. The van der Waals surface area contributed by atoms with Crippen molar-refractivity contribution in [3.05, 3.63) is 35.4 Å². The summed E-state index contributed by atoms with van der Waals surface area (Å²) in [6.45, 7) is 4.92. The van der Waals surface area contributed by atoms with E-state index in [2.05, 4.69) is 31.2 Å². The predicted octanol–water partition coefficient (Wildman–Crippen LogP) is 3.04. The number of hydrogen-bond acceptors (Lipinski definition) is 2. The van der Waals surface area contributed by atoms with E-state index in [4.69, 9.17) is 0 Å². The summed E-state index contributed by atoms with van der Waals surface area (Å²) >= 11 is 0. The van der Waals surface area contributed by atoms with Gasteiger partial charge < -0.3 is 9.80 Å². The number of amides is 2. The number of piperazine rings is 1. The van der Waals surface area contributed by atoms with Gasteiger partial charge in [-0.15, -0.1) is 0 Å². The first kappa shape index (κ1) is 18.0. The van der Waals surface area contributed by atoms with Crippen LogP contribution in [-0.4, -0.2) is 47.8 Å². The van der Waals surface area contributed by atoms with E-state index in [1.165, 1.54) is 24.0 Å². The van der Waals surface area contributed by atoms with Gasteiger partial charge in [0.2, 0.25) is 11.8 Å². The van der Waals surface area contributed by atoms with Crippen LogP contribution in [0.15, 0.2) is 24.3 Å². The summed E-state index contributed by atoms with van der Waals surface area (Å²) in [5, 5.41) is 0. The summed E-state index contributed by atoms with van der Waals surface area (Å²) in [5.41, 5.74) is 2.55. The summed E-state index contributed by atoms with van der Waals surface area (Å²) in [4.78, 5) is 28.8. The molecule has 0 atom stereocenters. The Morgan fingerprint density at radius 3 is 2.08 bits per heavy atom. The molecular formula is C21H30N2O2. The predicted molar refractivity (Wildman–Crippen MR) is 99.3 cm³/mol. The molecule has 4 heteroatoms. The van der Waals surface area contributed by atoms with Crippen molar-refractivity contribution in [1.29, 1.82) is 0 Å². The molecule has 1 aliphatic carbocycles. The van der Waals surface area contributed by atoms with Gasteiger partial charge in [0.15, 0.2) is 0 Å². The highest BCUT2D eigenvalue weighted by Crippen LogP contribution is 2.27. The number of aryl methyl sites for hydroxylation is 2. The van der Waals surface area contributed by atoms with Crippen molar-refractivity contribution in [1.82, 2.24) is 9.80 Å². The highest BCUT2D eigenvalue weighted by molar-refractivity contribution is 5.80. The van der Waals surface area contributed by atoms with Crippen LogP contribution < -0.4 is 0 Å². The van der Waals surface area contributed by atoms with Crippen molar-refractivity contribution in [3.63, 3.8) is 0 Å². The van der Waals surface area contributed by atoms with Gasteiger partial charge >= 0.3 is 0 Å². The molecule has 0 unspecified atom stereocenters. The second-order valence-electron chi connectivity index (χ2n) is 7.36. The second kappa shape index (κ2) is 8.50. The maximum Gasteiger partial charge on any atom is 0.225 e. The Balaban J connectivity index is 1.42. The van der Waals surface area contributed by atoms with Crippen LogP contribution in [0, 0.1) is 5.92 Å². The van der Waals surface area contributed by atoms with Crippen molar-refractivity contribution in [3.8, 4) is 0 Å². The zero-order chi connectivity index (χ0) is 17.6. The van der Waals surface area contributed by atoms with Crippen LogP contribution in [0.3, 0.4) is 0 Å². The van der Waals surface area contributed by atoms with Crippen molar-refractivity contribution in [2.75, 3.05) is 26.2 Å². The van der Waals surface area contributed by atoms with E-state index >= 15 is 0 Å². The minimum absolute atomic E-state index is 0.215. The van der Waals surface area contributed by atoms with E-state index in [1.807, 2.05) is 9.80 Å². The van der Waals surface area contributed by atoms with Crippen molar-refractivity contribution in [2.24, 2.45) is 5.92 Å². The standard InChI is InChI=1S/C21H30N2O2/c1-2-17-7-9-18(10-8-17)11-12-20(24)22-13-15-23(16-14-22)21(25)19-5-3-4-6-19/h7-10,19H,2-6,11-16H2,1H3. The lowest BCUT2D eigenvalue weighted by atomic mass is 10.0. The van der Waals surface area contributed by atoms with Gasteiger partial charge in [0, 0.05) is 38.5 Å². The first-order valence-electron chi connectivity index (χ1n) is 9.81. The number of rotatable bonds is 5. The molecule has 1 aliphatic heterocycles. The molecule has 2 aliphatic rings. The van der Waals surface area contributed by atoms with Crippen molar-refractivity contribution < 1.29 is 9.59 Å². The largest absolute Gasteiger partial charge is 0.339 e. The lowest BCUT2D eigenvalue weighted by Gasteiger charge is -2.36. The SMILES string of the molecule is CCc1ccc(CCC(=O)N2CCN(C(=O)C3CCCC3)CC2)cc1. The Hall–Kier alpha value is -1.84. The average Bonchev–Trinajstić information content (AvgIpc) is 3.21. The molecule has 4 nitrogen and oxygen atoms in total. The maximum absolute atomic E-state index is 12.5. The summed E-state index contributed by atoms with van der Waals surface area (Å²) in [6, 6.07) is 8.55. The Bertz CT molecular complexity index is 582. The number of nitrogens with zero attached hydrogens (tertiary/aromatic N) is 2. The molecule has 3 rings (SSSR count). The fraction of sp³-hybridized carbons (Fsp3) is 0.619. The molecule has 2 amide bonds. The molecule has 1 aromatic rings. The van der Waals surface area contributed by atoms with E-state index in [-0.39, 0.29) is 11.8 Å². The van der Waals surface area contributed by atoms with Gasteiger partial charge in [-0.05, 0) is 36.8 Å². The summed E-state index contributed by atoms with van der Waals surface area (Å²) < 4.78 is 0. The van der Waals surface area contributed by atoms with Gasteiger partial charge in [0.25, 0.3) is 0 Å². The third-order valence-corrected chi connectivity index (χ3v) is 5.71. The molecule has 0 aromatic heterocycles. The minimum Gasteiger partial charge on any atom is -0.339 e. The zero-order valence-corrected chi connectivity index (χ0v) is 15.4. The molecule has 1 heterocycles. The van der Waals surface area contributed by atoms with Crippen LogP contribution in [0.25, 0.3) is 0 Å². The fourth-order valence-electron chi connectivity index (χ4n) is 3.96. The smallest absolute Gasteiger partial charge is 0.225 e. The molecule has 2 fully saturated rings. The molecule has 25 heavy (non-hydrogen) atoms. The maximum atomic E-state index is 12.5. The van der Waals surface area contributed by atoms with Gasteiger partial charge in [-0.25, -0.2) is 0 Å². The van der Waals surface area contributed by atoms with Gasteiger partial charge in [0.05, 0.1) is 0 Å². The summed E-state index contributed by atoms with van der Waals surface area (Å²) in [5.74, 6) is 0.779. The van der Waals surface area contributed by atoms with Gasteiger partial charge in [-0.2, -0.15) is 0 Å².